The summed E-state index contributed by atoms with van der Waals surface area (Å²) in [5.74, 6) is -0.523. The van der Waals surface area contributed by atoms with Gasteiger partial charge in [0.2, 0.25) is 0 Å². The van der Waals surface area contributed by atoms with Crippen molar-refractivity contribution in [3.05, 3.63) is 107 Å². The summed E-state index contributed by atoms with van der Waals surface area (Å²) >= 11 is 0. The number of benzene rings is 3. The van der Waals surface area contributed by atoms with Crippen LogP contribution in [0.3, 0.4) is 0 Å². The van der Waals surface area contributed by atoms with E-state index in [-0.39, 0.29) is 23.0 Å². The number of hydrogen-bond donors (Lipinski definition) is 0. The van der Waals surface area contributed by atoms with Gasteiger partial charge in [0.1, 0.15) is 22.6 Å². The maximum Gasteiger partial charge on any atom is 0.334 e. The lowest BCUT2D eigenvalue weighted by atomic mass is 10.0. The average Bonchev–Trinajstić information content (AvgIpc) is 2.76. The molecule has 1 atom stereocenters. The molecule has 172 valence electrons. The van der Waals surface area contributed by atoms with E-state index in [1.807, 2.05) is 6.92 Å². The molecule has 0 saturated carbocycles. The van der Waals surface area contributed by atoms with Crippen molar-refractivity contribution in [1.82, 2.24) is 0 Å². The van der Waals surface area contributed by atoms with E-state index in [1.165, 1.54) is 30.3 Å². The lowest BCUT2D eigenvalue weighted by Crippen LogP contribution is -2.16. The molecule has 0 aromatic heterocycles. The smallest absolute Gasteiger partial charge is 0.334 e. The maximum absolute atomic E-state index is 13.8. The molecule has 7 heteroatoms. The van der Waals surface area contributed by atoms with Gasteiger partial charge in [0.25, 0.3) is 0 Å². The van der Waals surface area contributed by atoms with Crippen LogP contribution in [-0.4, -0.2) is 21.0 Å². The van der Waals surface area contributed by atoms with Crippen molar-refractivity contribution in [1.29, 1.82) is 0 Å². The molecule has 3 rings (SSSR count). The lowest BCUT2D eigenvalue weighted by Gasteiger charge is -2.22. The molecule has 0 bridgehead atoms. The number of rotatable bonds is 8. The van der Waals surface area contributed by atoms with Gasteiger partial charge in [0, 0.05) is 5.56 Å². The van der Waals surface area contributed by atoms with E-state index in [0.29, 0.717) is 11.1 Å². The predicted molar refractivity (Wildman–Crippen MR) is 124 cm³/mol. The maximum atomic E-state index is 13.8. The molecule has 33 heavy (non-hydrogen) atoms. The van der Waals surface area contributed by atoms with Crippen molar-refractivity contribution in [2.45, 2.75) is 30.9 Å². The quantitative estimate of drug-likeness (QED) is 0.247. The Morgan fingerprint density at radius 1 is 1.00 bits per heavy atom. The van der Waals surface area contributed by atoms with Crippen molar-refractivity contribution in [2.75, 3.05) is 6.61 Å². The highest BCUT2D eigenvalue weighted by Crippen LogP contribution is 2.40. The van der Waals surface area contributed by atoms with Crippen LogP contribution in [0.1, 0.15) is 35.8 Å². The van der Waals surface area contributed by atoms with Gasteiger partial charge in [-0.25, -0.2) is 17.6 Å². The van der Waals surface area contributed by atoms with E-state index in [9.17, 15) is 17.6 Å². The van der Waals surface area contributed by atoms with Gasteiger partial charge < -0.3 is 9.47 Å². The van der Waals surface area contributed by atoms with Crippen LogP contribution in [-0.2, 0) is 19.4 Å². The second kappa shape index (κ2) is 10.4. The SMILES string of the molecule is CCOC(=O)/C=C(\C)Oc1ccccc1[C@H](c1ccc(F)cc1)S(=O)(=O)c1ccc(C)cc1. The molecule has 0 radical (unpaired) electrons. The Labute approximate surface area is 193 Å². The molecule has 0 aliphatic rings. The monoisotopic (exact) mass is 468 g/mol. The summed E-state index contributed by atoms with van der Waals surface area (Å²) in [6.07, 6.45) is 1.20. The van der Waals surface area contributed by atoms with E-state index in [2.05, 4.69) is 0 Å². The number of esters is 1. The third-order valence-electron chi connectivity index (χ3n) is 4.91. The van der Waals surface area contributed by atoms with Crippen LogP contribution in [0, 0.1) is 12.7 Å². The lowest BCUT2D eigenvalue weighted by molar-refractivity contribution is -0.137. The number of allylic oxidation sites excluding steroid dienone is 1. The summed E-state index contributed by atoms with van der Waals surface area (Å²) in [7, 11) is -3.94. The van der Waals surface area contributed by atoms with E-state index >= 15 is 0 Å². The van der Waals surface area contributed by atoms with Crippen LogP contribution in [0.2, 0.25) is 0 Å². The Balaban J connectivity index is 2.14. The fraction of sp³-hybridized carbons (Fsp3) is 0.192. The number of para-hydroxylation sites is 1. The van der Waals surface area contributed by atoms with Gasteiger partial charge in [0.15, 0.2) is 9.84 Å². The Bertz CT molecular complexity index is 1250. The Morgan fingerprint density at radius 2 is 1.64 bits per heavy atom. The molecule has 0 aliphatic carbocycles. The number of hydrogen-bond acceptors (Lipinski definition) is 5. The topological polar surface area (TPSA) is 69.7 Å². The molecule has 0 aliphatic heterocycles. The second-order valence-corrected chi connectivity index (χ2v) is 9.47. The highest BCUT2D eigenvalue weighted by atomic mass is 32.2. The first-order valence-corrected chi connectivity index (χ1v) is 11.9. The molecular weight excluding hydrogens is 443 g/mol. The summed E-state index contributed by atoms with van der Waals surface area (Å²) in [5.41, 5.74) is 1.68. The number of halogens is 1. The van der Waals surface area contributed by atoms with Crippen LogP contribution < -0.4 is 4.74 Å². The summed E-state index contributed by atoms with van der Waals surface area (Å²) in [6, 6.07) is 18.6. The Morgan fingerprint density at radius 3 is 2.27 bits per heavy atom. The summed E-state index contributed by atoms with van der Waals surface area (Å²) < 4.78 is 52.0. The van der Waals surface area contributed by atoms with Gasteiger partial charge >= 0.3 is 5.97 Å². The third-order valence-corrected chi connectivity index (χ3v) is 6.99. The van der Waals surface area contributed by atoms with E-state index in [4.69, 9.17) is 9.47 Å². The van der Waals surface area contributed by atoms with Crippen LogP contribution in [0.5, 0.6) is 5.75 Å². The van der Waals surface area contributed by atoms with Crippen molar-refractivity contribution in [2.24, 2.45) is 0 Å². The molecule has 0 unspecified atom stereocenters. The van der Waals surface area contributed by atoms with Crippen LogP contribution in [0.15, 0.2) is 89.5 Å². The van der Waals surface area contributed by atoms with Crippen molar-refractivity contribution in [3.63, 3.8) is 0 Å². The van der Waals surface area contributed by atoms with Crippen molar-refractivity contribution < 1.29 is 27.1 Å². The highest BCUT2D eigenvalue weighted by Gasteiger charge is 2.33. The summed E-state index contributed by atoms with van der Waals surface area (Å²) in [4.78, 5) is 11.9. The molecule has 0 heterocycles. The van der Waals surface area contributed by atoms with Gasteiger partial charge in [-0.1, -0.05) is 48.0 Å². The molecular formula is C26H25FO5S. The first kappa shape index (κ1) is 24.2. The number of ether oxygens (including phenoxy) is 2. The molecule has 0 fully saturated rings. The summed E-state index contributed by atoms with van der Waals surface area (Å²) in [5, 5.41) is -1.16. The van der Waals surface area contributed by atoms with Crippen LogP contribution in [0.4, 0.5) is 4.39 Å². The number of carbonyl (C=O) groups is 1. The third kappa shape index (κ3) is 5.87. The van der Waals surface area contributed by atoms with Gasteiger partial charge in [-0.05, 0) is 56.7 Å². The zero-order chi connectivity index (χ0) is 24.0. The van der Waals surface area contributed by atoms with Gasteiger partial charge in [0.05, 0.1) is 17.6 Å². The van der Waals surface area contributed by atoms with Gasteiger partial charge in [-0.15, -0.1) is 0 Å². The molecule has 0 spiro atoms. The molecule has 0 N–H and O–H groups in total. The van der Waals surface area contributed by atoms with E-state index < -0.39 is 26.9 Å². The number of carbonyl (C=O) groups excluding carboxylic acids is 1. The fourth-order valence-electron chi connectivity index (χ4n) is 3.37. The first-order chi connectivity index (χ1) is 15.7. The van der Waals surface area contributed by atoms with Gasteiger partial charge in [-0.2, -0.15) is 0 Å². The van der Waals surface area contributed by atoms with E-state index in [1.54, 1.807) is 62.4 Å². The minimum absolute atomic E-state index is 0.135. The van der Waals surface area contributed by atoms with E-state index in [0.717, 1.165) is 5.56 Å². The number of aryl methyl sites for hydroxylation is 1. The average molecular weight is 469 g/mol. The van der Waals surface area contributed by atoms with Crippen LogP contribution in [0.25, 0.3) is 0 Å². The molecule has 0 amide bonds. The second-order valence-electron chi connectivity index (χ2n) is 7.44. The Kier molecular flexibility index (Phi) is 7.66. The number of sulfone groups is 1. The molecule has 5 nitrogen and oxygen atoms in total. The van der Waals surface area contributed by atoms with Crippen molar-refractivity contribution in [3.8, 4) is 5.75 Å². The summed E-state index contributed by atoms with van der Waals surface area (Å²) in [6.45, 7) is 5.37. The minimum atomic E-state index is -3.94. The van der Waals surface area contributed by atoms with Crippen LogP contribution >= 0.6 is 0 Å². The van der Waals surface area contributed by atoms with Crippen molar-refractivity contribution >= 4 is 15.8 Å². The standard InChI is InChI=1S/C26H25FO5S/c1-4-31-25(28)17-19(3)32-24-8-6-5-7-23(24)26(20-11-13-21(27)14-12-20)33(29,30)22-15-9-18(2)10-16-22/h5-17,26H,4H2,1-3H3/b19-17+/t26-/m0/s1. The van der Waals surface area contributed by atoms with Gasteiger partial charge in [-0.3, -0.25) is 0 Å². The minimum Gasteiger partial charge on any atom is -0.463 e. The first-order valence-electron chi connectivity index (χ1n) is 10.4. The normalized spacial score (nSPS) is 12.8. The zero-order valence-electron chi connectivity index (χ0n) is 18.6. The Hall–Kier alpha value is -3.45. The zero-order valence-corrected chi connectivity index (χ0v) is 19.4. The molecule has 0 saturated heterocycles. The fourth-order valence-corrected chi connectivity index (χ4v) is 5.20. The largest absolute Gasteiger partial charge is 0.463 e. The molecule has 3 aromatic rings. The molecule has 3 aromatic carbocycles. The predicted octanol–water partition coefficient (Wildman–Crippen LogP) is 5.54. The highest BCUT2D eigenvalue weighted by molar-refractivity contribution is 7.92.